The Kier molecular flexibility index (Phi) is 7.57. The first-order valence-corrected chi connectivity index (χ1v) is 15.7. The molecule has 3 heteroatoms. The molecule has 0 fully saturated rings. The summed E-state index contributed by atoms with van der Waals surface area (Å²) in [5, 5.41) is 8.62. The number of rotatable bonds is 2. The van der Waals surface area contributed by atoms with Gasteiger partial charge in [0.25, 0.3) is 0 Å². The summed E-state index contributed by atoms with van der Waals surface area (Å²) in [5.41, 5.74) is 9.24. The summed E-state index contributed by atoms with van der Waals surface area (Å²) in [7, 11) is 0. The normalized spacial score (nSPS) is 18.7. The van der Waals surface area contributed by atoms with E-state index in [2.05, 4.69) is 146 Å². The first-order valence-electron chi connectivity index (χ1n) is 14.9. The number of nitrogens with one attached hydrogen (secondary N) is 1. The first-order chi connectivity index (χ1) is 20.1. The monoisotopic (exact) mass is 615 g/mol. The molecular weight excluding hydrogens is 578 g/mol. The van der Waals surface area contributed by atoms with E-state index in [-0.39, 0.29) is 17.2 Å². The van der Waals surface area contributed by atoms with Gasteiger partial charge in [0.2, 0.25) is 0 Å². The van der Waals surface area contributed by atoms with Crippen LogP contribution in [0.4, 0.5) is 5.69 Å². The second kappa shape index (κ2) is 11.2. The van der Waals surface area contributed by atoms with Crippen LogP contribution in [0.15, 0.2) is 102 Å². The summed E-state index contributed by atoms with van der Waals surface area (Å²) in [6, 6.07) is 32.7. The zero-order valence-electron chi connectivity index (χ0n) is 25.1. The average molecular weight is 617 g/mol. The lowest BCUT2D eigenvalue weighted by Crippen LogP contribution is -2.31. The molecule has 2 nitrogen and oxygen atoms in total. The van der Waals surface area contributed by atoms with E-state index in [0.29, 0.717) is 5.92 Å². The second-order valence-corrected chi connectivity index (χ2v) is 13.4. The molecule has 212 valence electrons. The van der Waals surface area contributed by atoms with Crippen LogP contribution in [0, 0.1) is 6.92 Å². The van der Waals surface area contributed by atoms with Gasteiger partial charge in [0.15, 0.2) is 0 Å². The Balaban J connectivity index is 0.000000189. The number of anilines is 1. The number of hydrogen-bond acceptors (Lipinski definition) is 2. The lowest BCUT2D eigenvalue weighted by atomic mass is 9.71. The van der Waals surface area contributed by atoms with Gasteiger partial charge < -0.3 is 5.32 Å². The van der Waals surface area contributed by atoms with Crippen LogP contribution in [0.2, 0.25) is 0 Å². The summed E-state index contributed by atoms with van der Waals surface area (Å²) in [4.78, 5) is 12.4. The number of halogens is 1. The predicted octanol–water partition coefficient (Wildman–Crippen LogP) is 11.0. The molecule has 2 aliphatic rings. The molecule has 0 amide bonds. The molecule has 0 radical (unpaired) electrons. The number of benzene rings is 5. The SMILES string of the molecule is CC(=O)C1CCC(c2ccc(Br)cc2)c2c1ccc1c2ccc2ccccc21.CC1=CC(C)(C)Nc2ccc(C)cc21. The van der Waals surface area contributed by atoms with E-state index in [1.807, 2.05) is 0 Å². The van der Waals surface area contributed by atoms with Crippen molar-refractivity contribution in [2.24, 2.45) is 0 Å². The third kappa shape index (κ3) is 5.43. The summed E-state index contributed by atoms with van der Waals surface area (Å²) in [6.45, 7) is 10.4. The minimum atomic E-state index is 0.0116. The number of carbonyl (C=O) groups is 1. The molecule has 1 heterocycles. The van der Waals surface area contributed by atoms with Crippen molar-refractivity contribution in [2.45, 2.75) is 64.8 Å². The minimum Gasteiger partial charge on any atom is -0.376 e. The van der Waals surface area contributed by atoms with Crippen LogP contribution in [0.5, 0.6) is 0 Å². The fourth-order valence-electron chi connectivity index (χ4n) is 7.00. The van der Waals surface area contributed by atoms with E-state index in [4.69, 9.17) is 0 Å². The molecule has 5 aromatic rings. The number of carbonyl (C=O) groups excluding carboxylic acids is 1. The van der Waals surface area contributed by atoms with Crippen LogP contribution < -0.4 is 5.32 Å². The highest BCUT2D eigenvalue weighted by atomic mass is 79.9. The van der Waals surface area contributed by atoms with E-state index in [9.17, 15) is 4.79 Å². The maximum absolute atomic E-state index is 12.4. The lowest BCUT2D eigenvalue weighted by Gasteiger charge is -2.32. The Labute approximate surface area is 258 Å². The summed E-state index contributed by atoms with van der Waals surface area (Å²) in [6.07, 6.45) is 4.21. The van der Waals surface area contributed by atoms with Crippen LogP contribution in [0.3, 0.4) is 0 Å². The van der Waals surface area contributed by atoms with Crippen molar-refractivity contribution in [2.75, 3.05) is 5.32 Å². The van der Waals surface area contributed by atoms with E-state index >= 15 is 0 Å². The van der Waals surface area contributed by atoms with E-state index in [1.165, 1.54) is 60.6 Å². The highest BCUT2D eigenvalue weighted by Crippen LogP contribution is 2.47. The first kappa shape index (κ1) is 28.4. The maximum atomic E-state index is 12.4. The average Bonchev–Trinajstić information content (AvgIpc) is 2.97. The third-order valence-electron chi connectivity index (χ3n) is 8.87. The molecule has 5 aromatic carbocycles. The van der Waals surface area contributed by atoms with E-state index < -0.39 is 0 Å². The number of allylic oxidation sites excluding steroid dienone is 1. The van der Waals surface area contributed by atoms with Gasteiger partial charge in [-0.2, -0.15) is 0 Å². The molecule has 0 bridgehead atoms. The minimum absolute atomic E-state index is 0.0116. The van der Waals surface area contributed by atoms with E-state index in [1.54, 1.807) is 6.92 Å². The van der Waals surface area contributed by atoms with Crippen molar-refractivity contribution < 1.29 is 4.79 Å². The number of hydrogen-bond donors (Lipinski definition) is 1. The zero-order valence-corrected chi connectivity index (χ0v) is 26.7. The van der Waals surface area contributed by atoms with Crippen molar-refractivity contribution >= 4 is 54.5 Å². The summed E-state index contributed by atoms with van der Waals surface area (Å²) >= 11 is 3.55. The van der Waals surface area contributed by atoms with Crippen LogP contribution in [0.25, 0.3) is 27.1 Å². The number of ketones is 1. The van der Waals surface area contributed by atoms with Crippen molar-refractivity contribution in [3.05, 3.63) is 129 Å². The molecule has 0 saturated carbocycles. The Hall–Kier alpha value is -3.69. The topological polar surface area (TPSA) is 29.1 Å². The van der Waals surface area contributed by atoms with Crippen molar-refractivity contribution in [1.29, 1.82) is 0 Å². The van der Waals surface area contributed by atoms with Crippen LogP contribution in [0.1, 0.15) is 80.2 Å². The molecule has 1 aliphatic heterocycles. The van der Waals surface area contributed by atoms with Crippen molar-refractivity contribution in [3.8, 4) is 0 Å². The molecule has 2 unspecified atom stereocenters. The standard InChI is InChI=1S/C26H21BrO.C13H17N/c1-16(28)20-12-13-22(18-6-9-19(27)10-7-18)26-24(20)15-14-23-21-5-3-2-4-17(21)8-11-25(23)26;1-9-5-6-12-11(7-9)10(2)8-13(3,4)14-12/h2-11,14-15,20,22H,12-13H2,1H3;5-8,14H,1-4H3. The van der Waals surface area contributed by atoms with Gasteiger partial charge in [-0.15, -0.1) is 0 Å². The molecule has 1 aliphatic carbocycles. The van der Waals surface area contributed by atoms with Gasteiger partial charge in [-0.05, 0) is 116 Å². The van der Waals surface area contributed by atoms with Gasteiger partial charge in [-0.3, -0.25) is 4.79 Å². The highest BCUT2D eigenvalue weighted by Gasteiger charge is 2.32. The Morgan fingerprint density at radius 2 is 1.57 bits per heavy atom. The van der Waals surface area contributed by atoms with Crippen LogP contribution in [-0.2, 0) is 4.79 Å². The highest BCUT2D eigenvalue weighted by molar-refractivity contribution is 9.10. The Morgan fingerprint density at radius 1 is 0.833 bits per heavy atom. The van der Waals surface area contributed by atoms with Gasteiger partial charge in [0, 0.05) is 27.6 Å². The van der Waals surface area contributed by atoms with Crippen LogP contribution in [-0.4, -0.2) is 11.3 Å². The molecule has 0 saturated heterocycles. The number of fused-ring (bicyclic) bond motifs is 6. The van der Waals surface area contributed by atoms with Gasteiger partial charge in [-0.1, -0.05) is 94.3 Å². The van der Waals surface area contributed by atoms with Crippen molar-refractivity contribution in [3.63, 3.8) is 0 Å². The summed E-state index contributed by atoms with van der Waals surface area (Å²) in [5.74, 6) is 0.608. The molecule has 0 spiro atoms. The van der Waals surface area contributed by atoms with Gasteiger partial charge in [0.1, 0.15) is 5.78 Å². The van der Waals surface area contributed by atoms with Gasteiger partial charge in [-0.25, -0.2) is 0 Å². The third-order valence-corrected chi connectivity index (χ3v) is 9.40. The Bertz CT molecular complexity index is 1850. The lowest BCUT2D eigenvalue weighted by molar-refractivity contribution is -0.118. The molecule has 7 rings (SSSR count). The molecule has 1 N–H and O–H groups in total. The quantitative estimate of drug-likeness (QED) is 0.200. The summed E-state index contributed by atoms with van der Waals surface area (Å²) < 4.78 is 1.10. The maximum Gasteiger partial charge on any atom is 0.137 e. The van der Waals surface area contributed by atoms with Gasteiger partial charge >= 0.3 is 0 Å². The number of aryl methyl sites for hydroxylation is 1. The molecule has 2 atom stereocenters. The Morgan fingerprint density at radius 3 is 2.33 bits per heavy atom. The molecule has 0 aromatic heterocycles. The fourth-order valence-corrected chi connectivity index (χ4v) is 7.26. The van der Waals surface area contributed by atoms with Crippen LogP contribution >= 0.6 is 15.9 Å². The largest absolute Gasteiger partial charge is 0.376 e. The predicted molar refractivity (Wildman–Crippen MR) is 183 cm³/mol. The fraction of sp³-hybridized carbons (Fsp3) is 0.256. The zero-order chi connectivity index (χ0) is 29.6. The second-order valence-electron chi connectivity index (χ2n) is 12.5. The molecular formula is C39H38BrNO. The number of Topliss-reactive ketones (excluding diaryl/α,β-unsaturated/α-hetero) is 1. The smallest absolute Gasteiger partial charge is 0.137 e. The molecule has 42 heavy (non-hydrogen) atoms. The van der Waals surface area contributed by atoms with Crippen molar-refractivity contribution in [1.82, 2.24) is 0 Å². The van der Waals surface area contributed by atoms with E-state index in [0.717, 1.165) is 17.3 Å². The van der Waals surface area contributed by atoms with Gasteiger partial charge in [0.05, 0.1) is 5.54 Å².